The molecule has 2 aliphatic heterocycles. The number of nitrogens with zero attached hydrogens (tertiary/aromatic N) is 3. The minimum atomic E-state index is -1.03. The molecule has 2 amide bonds. The lowest BCUT2D eigenvalue weighted by atomic mass is 10.1. The van der Waals surface area contributed by atoms with Crippen molar-refractivity contribution >= 4 is 11.8 Å². The number of fused-ring (bicyclic) bond motifs is 1. The Kier molecular flexibility index (Phi) is 7.85. The topological polar surface area (TPSA) is 113 Å². The van der Waals surface area contributed by atoms with Gasteiger partial charge in [-0.25, -0.2) is 8.78 Å². The summed E-state index contributed by atoms with van der Waals surface area (Å²) in [6.45, 7) is 1.61. The molecule has 0 spiro atoms. The van der Waals surface area contributed by atoms with Crippen LogP contribution in [-0.4, -0.2) is 72.7 Å². The summed E-state index contributed by atoms with van der Waals surface area (Å²) in [6.07, 6.45) is 3.34. The summed E-state index contributed by atoms with van der Waals surface area (Å²) in [7, 11) is 1.56. The highest BCUT2D eigenvalue weighted by molar-refractivity contribution is 5.99. The molecule has 2 aliphatic rings. The third kappa shape index (κ3) is 5.34. The monoisotopic (exact) mass is 506 g/mol. The zero-order valence-electron chi connectivity index (χ0n) is 19.8. The van der Waals surface area contributed by atoms with Crippen LogP contribution in [0.25, 0.3) is 0 Å². The van der Waals surface area contributed by atoms with E-state index in [1.54, 1.807) is 12.1 Å². The van der Waals surface area contributed by atoms with E-state index in [1.165, 1.54) is 21.8 Å². The number of hydrogen-bond donors (Lipinski definition) is 2. The van der Waals surface area contributed by atoms with E-state index >= 15 is 0 Å². The average Bonchev–Trinajstić information content (AvgIpc) is 3.36. The first kappa shape index (κ1) is 25.6. The number of aromatic nitrogens is 1. The minimum absolute atomic E-state index is 0.0215. The van der Waals surface area contributed by atoms with Crippen LogP contribution in [0, 0.1) is 11.6 Å². The van der Waals surface area contributed by atoms with Crippen LogP contribution in [0.2, 0.25) is 0 Å². The Morgan fingerprint density at radius 1 is 1.31 bits per heavy atom. The smallest absolute Gasteiger partial charge is 0.277 e. The number of halogens is 2. The number of carbonyl (C=O) groups is 2. The molecule has 2 aromatic rings. The van der Waals surface area contributed by atoms with E-state index in [4.69, 9.17) is 9.47 Å². The Morgan fingerprint density at radius 2 is 2.11 bits per heavy atom. The third-order valence-corrected chi connectivity index (χ3v) is 6.20. The molecule has 4 rings (SSSR count). The first-order valence-corrected chi connectivity index (χ1v) is 11.7. The quantitative estimate of drug-likeness (QED) is 0.494. The molecule has 1 atom stereocenters. The lowest BCUT2D eigenvalue weighted by molar-refractivity contribution is 0.0455. The summed E-state index contributed by atoms with van der Waals surface area (Å²) < 4.78 is 39.1. The van der Waals surface area contributed by atoms with Crippen LogP contribution in [0.3, 0.4) is 0 Å². The molecule has 36 heavy (non-hydrogen) atoms. The Labute approximate surface area is 206 Å². The summed E-state index contributed by atoms with van der Waals surface area (Å²) in [6, 6.07) is 2.92. The van der Waals surface area contributed by atoms with Gasteiger partial charge < -0.3 is 24.8 Å². The van der Waals surface area contributed by atoms with E-state index in [0.29, 0.717) is 38.8 Å². The van der Waals surface area contributed by atoms with Gasteiger partial charge in [-0.15, -0.1) is 0 Å². The molecule has 0 aliphatic carbocycles. The molecule has 0 bridgehead atoms. The van der Waals surface area contributed by atoms with Crippen LogP contribution in [0.15, 0.2) is 29.2 Å². The van der Waals surface area contributed by atoms with Crippen LogP contribution in [0.5, 0.6) is 5.75 Å². The summed E-state index contributed by atoms with van der Waals surface area (Å²) >= 11 is 0. The van der Waals surface area contributed by atoms with Gasteiger partial charge in [0.1, 0.15) is 23.9 Å². The van der Waals surface area contributed by atoms with Gasteiger partial charge in [-0.05, 0) is 25.3 Å². The van der Waals surface area contributed by atoms with E-state index in [2.05, 4.69) is 5.32 Å². The Balaban J connectivity index is 1.62. The lowest BCUT2D eigenvalue weighted by Crippen LogP contribution is -2.56. The van der Waals surface area contributed by atoms with Gasteiger partial charge in [-0.1, -0.05) is 6.07 Å². The van der Waals surface area contributed by atoms with Gasteiger partial charge in [0.05, 0.1) is 6.10 Å². The van der Waals surface area contributed by atoms with E-state index in [-0.39, 0.29) is 30.6 Å². The number of rotatable bonds is 9. The zero-order chi connectivity index (χ0) is 25.8. The van der Waals surface area contributed by atoms with Gasteiger partial charge in [0.25, 0.3) is 11.8 Å². The summed E-state index contributed by atoms with van der Waals surface area (Å²) in [5, 5.41) is 14.9. The van der Waals surface area contributed by atoms with Crippen molar-refractivity contribution in [1.29, 1.82) is 0 Å². The van der Waals surface area contributed by atoms with Gasteiger partial charge >= 0.3 is 0 Å². The maximum atomic E-state index is 13.9. The second kappa shape index (κ2) is 11.0. The number of carbonyl (C=O) groups excluding carboxylic acids is 2. The number of nitrogens with one attached hydrogen (secondary N) is 1. The standard InChI is InChI=1S/C24H28F2N4O6/c1-35-8-3-7-29-14-28(12-17-4-2-9-36-17)24(34)20-22(32)21(31)18(13-30(20)29)23(33)27-11-15-5-6-16(25)10-19(15)26/h5-6,10,13,17,32H,2-4,7-9,11-12,14H2,1H3,(H,27,33)/t17-/m0/s1. The van der Waals surface area contributed by atoms with Crippen molar-refractivity contribution in [2.24, 2.45) is 0 Å². The van der Waals surface area contributed by atoms with Crippen molar-refractivity contribution in [1.82, 2.24) is 14.9 Å². The highest BCUT2D eigenvalue weighted by atomic mass is 19.1. The first-order chi connectivity index (χ1) is 17.3. The number of amides is 2. The average molecular weight is 507 g/mol. The van der Waals surface area contributed by atoms with Crippen LogP contribution in [0.1, 0.15) is 45.7 Å². The molecule has 12 heteroatoms. The molecule has 1 aromatic heterocycles. The Bertz CT molecular complexity index is 1200. The number of pyridine rings is 1. The van der Waals surface area contributed by atoms with Gasteiger partial charge in [-0.2, -0.15) is 0 Å². The molecule has 0 saturated carbocycles. The van der Waals surface area contributed by atoms with Crippen LogP contribution in [0.4, 0.5) is 8.78 Å². The first-order valence-electron chi connectivity index (χ1n) is 11.7. The molecule has 1 fully saturated rings. The van der Waals surface area contributed by atoms with Crippen molar-refractivity contribution in [3.05, 3.63) is 63.1 Å². The molecule has 1 aromatic carbocycles. The van der Waals surface area contributed by atoms with E-state index in [1.807, 2.05) is 0 Å². The normalized spacial score (nSPS) is 17.4. The lowest BCUT2D eigenvalue weighted by Gasteiger charge is -2.40. The maximum Gasteiger partial charge on any atom is 0.277 e. The highest BCUT2D eigenvalue weighted by Gasteiger charge is 2.35. The summed E-state index contributed by atoms with van der Waals surface area (Å²) in [5.41, 5.74) is -1.67. The fraction of sp³-hybridized carbons (Fsp3) is 0.458. The van der Waals surface area contributed by atoms with Gasteiger partial charge in [0.15, 0.2) is 11.4 Å². The van der Waals surface area contributed by atoms with Crippen LogP contribution < -0.4 is 15.8 Å². The minimum Gasteiger partial charge on any atom is -0.502 e. The molecule has 0 radical (unpaired) electrons. The van der Waals surface area contributed by atoms with Crippen molar-refractivity contribution in [3.8, 4) is 5.75 Å². The Hall–Kier alpha value is -3.51. The predicted octanol–water partition coefficient (Wildman–Crippen LogP) is 1.33. The fourth-order valence-corrected chi connectivity index (χ4v) is 4.33. The molecule has 1 saturated heterocycles. The molecule has 194 valence electrons. The van der Waals surface area contributed by atoms with Crippen molar-refractivity contribution in [2.75, 3.05) is 45.1 Å². The number of hydrogen-bond acceptors (Lipinski definition) is 7. The second-order valence-corrected chi connectivity index (χ2v) is 8.71. The fourth-order valence-electron chi connectivity index (χ4n) is 4.33. The summed E-state index contributed by atoms with van der Waals surface area (Å²) in [4.78, 5) is 40.4. The summed E-state index contributed by atoms with van der Waals surface area (Å²) in [5.74, 6) is -3.88. The number of benzene rings is 1. The van der Waals surface area contributed by atoms with Crippen molar-refractivity contribution in [3.63, 3.8) is 0 Å². The predicted molar refractivity (Wildman–Crippen MR) is 124 cm³/mol. The van der Waals surface area contributed by atoms with E-state index in [9.17, 15) is 28.3 Å². The van der Waals surface area contributed by atoms with Gasteiger partial charge in [-0.3, -0.25) is 24.1 Å². The Morgan fingerprint density at radius 3 is 2.81 bits per heavy atom. The van der Waals surface area contributed by atoms with Crippen LogP contribution >= 0.6 is 0 Å². The van der Waals surface area contributed by atoms with Crippen LogP contribution in [-0.2, 0) is 16.0 Å². The molecule has 2 N–H and O–H groups in total. The third-order valence-electron chi connectivity index (χ3n) is 6.20. The number of aromatic hydroxyl groups is 1. The zero-order valence-corrected chi connectivity index (χ0v) is 19.8. The van der Waals surface area contributed by atoms with Crippen molar-refractivity contribution < 1.29 is 33.0 Å². The SMILES string of the molecule is COCCCN1CN(C[C@@H]2CCCO2)C(=O)c2c(O)c(=O)c(C(=O)NCc3ccc(F)cc3F)cn21. The van der Waals surface area contributed by atoms with Crippen molar-refractivity contribution in [2.45, 2.75) is 31.9 Å². The number of ether oxygens (including phenoxy) is 2. The molecular formula is C24H28F2N4O6. The largest absolute Gasteiger partial charge is 0.502 e. The van der Waals surface area contributed by atoms with E-state index < -0.39 is 40.2 Å². The molecule has 3 heterocycles. The highest BCUT2D eigenvalue weighted by Crippen LogP contribution is 2.23. The van der Waals surface area contributed by atoms with Gasteiger partial charge in [0, 0.05) is 57.8 Å². The molecular weight excluding hydrogens is 478 g/mol. The number of methoxy groups -OCH3 is 1. The molecule has 0 unspecified atom stereocenters. The van der Waals surface area contributed by atoms with E-state index in [0.717, 1.165) is 18.9 Å². The molecule has 10 nitrogen and oxygen atoms in total. The second-order valence-electron chi connectivity index (χ2n) is 8.71. The van der Waals surface area contributed by atoms with Gasteiger partial charge in [0.2, 0.25) is 5.43 Å². The maximum absolute atomic E-state index is 13.9.